The van der Waals surface area contributed by atoms with Crippen molar-refractivity contribution in [2.45, 2.75) is 37.6 Å². The van der Waals surface area contributed by atoms with Crippen LogP contribution in [0.15, 0.2) is 43.1 Å². The van der Waals surface area contributed by atoms with Gasteiger partial charge in [-0.1, -0.05) is 6.08 Å². The fourth-order valence-electron chi connectivity index (χ4n) is 4.94. The fourth-order valence-corrected chi connectivity index (χ4v) is 4.94. The van der Waals surface area contributed by atoms with Gasteiger partial charge in [0, 0.05) is 54.5 Å². The number of imidazole rings is 1. The number of aliphatic carboxylic acids is 2. The number of nitro groups is 1. The summed E-state index contributed by atoms with van der Waals surface area (Å²) in [5, 5.41) is 36.3. The highest BCUT2D eigenvalue weighted by Crippen LogP contribution is 2.39. The topological polar surface area (TPSA) is 189 Å². The van der Waals surface area contributed by atoms with Crippen LogP contribution in [0.25, 0.3) is 0 Å². The van der Waals surface area contributed by atoms with Crippen molar-refractivity contribution < 1.29 is 52.5 Å². The molecule has 17 heteroatoms. The monoisotopic (exact) mass is 597 g/mol. The molecule has 2 aliphatic rings. The van der Waals surface area contributed by atoms with Crippen LogP contribution < -0.4 is 4.74 Å². The average molecular weight is 598 g/mol. The van der Waals surface area contributed by atoms with Crippen LogP contribution >= 0.6 is 0 Å². The lowest BCUT2D eigenvalue weighted by Gasteiger charge is -2.48. The van der Waals surface area contributed by atoms with Crippen molar-refractivity contribution >= 4 is 23.8 Å². The Morgan fingerprint density at radius 1 is 1.17 bits per heavy atom. The Kier molecular flexibility index (Phi) is 9.56. The number of carboxylic acids is 2. The Bertz CT molecular complexity index is 1370. The zero-order chi connectivity index (χ0) is 31.4. The van der Waals surface area contributed by atoms with Crippen molar-refractivity contribution in [3.8, 4) is 6.01 Å². The van der Waals surface area contributed by atoms with Gasteiger partial charge >= 0.3 is 29.9 Å². The third-order valence-electron chi connectivity index (χ3n) is 6.44. The number of nitrogens with zero attached hydrogens (tertiary/aromatic N) is 5. The van der Waals surface area contributed by atoms with Crippen LogP contribution in [-0.2, 0) is 16.1 Å². The van der Waals surface area contributed by atoms with Crippen LogP contribution in [0.2, 0.25) is 0 Å². The number of hydrogen-bond donors (Lipinski definition) is 3. The summed E-state index contributed by atoms with van der Waals surface area (Å²) in [6.07, 6.45) is 2.65. The van der Waals surface area contributed by atoms with Crippen LogP contribution in [0.3, 0.4) is 0 Å². The van der Waals surface area contributed by atoms with E-state index in [9.17, 15) is 42.8 Å². The molecule has 14 nitrogen and oxygen atoms in total. The Labute approximate surface area is 235 Å². The molecular formula is C25H26F3N5O9. The molecule has 1 fully saturated rings. The summed E-state index contributed by atoms with van der Waals surface area (Å²) < 4.78 is 50.8. The highest BCUT2D eigenvalue weighted by atomic mass is 19.1. The minimum absolute atomic E-state index is 0.0386. The molecule has 2 aliphatic heterocycles. The van der Waals surface area contributed by atoms with Crippen molar-refractivity contribution in [2.75, 3.05) is 19.6 Å². The summed E-state index contributed by atoms with van der Waals surface area (Å²) in [6.45, 7) is 5.79. The van der Waals surface area contributed by atoms with Crippen LogP contribution in [0, 0.1) is 27.6 Å². The minimum Gasteiger partial charge on any atom is -0.478 e. The van der Waals surface area contributed by atoms with E-state index < -0.39 is 63.7 Å². The number of ether oxygens (including phenoxy) is 1. The summed E-state index contributed by atoms with van der Waals surface area (Å²) in [4.78, 5) is 47.9. The molecule has 1 aromatic heterocycles. The van der Waals surface area contributed by atoms with Gasteiger partial charge in [0.05, 0.1) is 18.6 Å². The molecule has 0 saturated carbocycles. The molecule has 0 bridgehead atoms. The normalized spacial score (nSPS) is 21.7. The third kappa shape index (κ3) is 7.22. The summed E-state index contributed by atoms with van der Waals surface area (Å²) in [5.41, 5.74) is -1.43. The predicted molar refractivity (Wildman–Crippen MR) is 136 cm³/mol. The maximum atomic E-state index is 14.9. The second kappa shape index (κ2) is 12.7. The summed E-state index contributed by atoms with van der Waals surface area (Å²) in [6, 6.07) is -0.850. The number of carbonyl (C=O) groups is 3. The Balaban J connectivity index is 0.000000531. The van der Waals surface area contributed by atoms with Crippen LogP contribution in [0.4, 0.5) is 23.8 Å². The van der Waals surface area contributed by atoms with E-state index in [4.69, 9.17) is 14.9 Å². The van der Waals surface area contributed by atoms with Crippen molar-refractivity contribution in [3.63, 3.8) is 0 Å². The third-order valence-corrected chi connectivity index (χ3v) is 6.44. The van der Waals surface area contributed by atoms with Crippen LogP contribution in [0.1, 0.15) is 24.9 Å². The molecule has 3 atom stereocenters. The lowest BCUT2D eigenvalue weighted by atomic mass is 9.89. The summed E-state index contributed by atoms with van der Waals surface area (Å²) in [5.74, 6) is -6.23. The molecular weight excluding hydrogens is 571 g/mol. The first-order valence-corrected chi connectivity index (χ1v) is 12.2. The minimum atomic E-state index is -1.26. The van der Waals surface area contributed by atoms with Gasteiger partial charge in [-0.05, 0) is 18.3 Å². The van der Waals surface area contributed by atoms with Gasteiger partial charge in [-0.15, -0.1) is 6.58 Å². The van der Waals surface area contributed by atoms with E-state index in [-0.39, 0.29) is 44.4 Å². The van der Waals surface area contributed by atoms with E-state index in [2.05, 4.69) is 11.6 Å². The molecule has 3 N–H and O–H groups in total. The molecule has 1 aromatic carbocycles. The SMILES string of the molecule is C=CCC1C(c2c(F)cc(F)cc2F)N(CC2(C)Cn3cc([N+](=O)[O-])nc3O2)CCN1C(=O)O.O=C(O)C=CC(=O)O. The molecule has 3 unspecified atom stereocenters. The second-order valence-electron chi connectivity index (χ2n) is 9.59. The molecule has 3 heterocycles. The molecule has 0 spiro atoms. The van der Waals surface area contributed by atoms with Crippen molar-refractivity contribution in [3.05, 3.63) is 76.3 Å². The zero-order valence-corrected chi connectivity index (χ0v) is 22.0. The number of fused-ring (bicyclic) bond motifs is 1. The Morgan fingerprint density at radius 2 is 1.76 bits per heavy atom. The number of carboxylic acid groups (broad SMARTS) is 3. The first-order chi connectivity index (χ1) is 19.7. The highest BCUT2D eigenvalue weighted by Gasteiger charge is 2.47. The highest BCUT2D eigenvalue weighted by molar-refractivity contribution is 5.89. The van der Waals surface area contributed by atoms with Crippen molar-refractivity contribution in [1.82, 2.24) is 19.4 Å². The molecule has 226 valence electrons. The Morgan fingerprint density at radius 3 is 2.24 bits per heavy atom. The number of halogens is 3. The molecule has 0 aliphatic carbocycles. The molecule has 2 aromatic rings. The number of aromatic nitrogens is 2. The Hall–Kier alpha value is -4.93. The number of piperazine rings is 1. The number of rotatable bonds is 8. The van der Waals surface area contributed by atoms with E-state index >= 15 is 0 Å². The van der Waals surface area contributed by atoms with E-state index in [1.54, 1.807) is 11.8 Å². The lowest BCUT2D eigenvalue weighted by Crippen LogP contribution is -2.59. The molecule has 1 saturated heterocycles. The fraction of sp³-hybridized carbons (Fsp3) is 0.360. The number of amides is 1. The first kappa shape index (κ1) is 31.6. The van der Waals surface area contributed by atoms with Crippen molar-refractivity contribution in [1.29, 1.82) is 0 Å². The van der Waals surface area contributed by atoms with Crippen LogP contribution in [0.5, 0.6) is 6.01 Å². The van der Waals surface area contributed by atoms with Gasteiger partial charge in [-0.2, -0.15) is 0 Å². The van der Waals surface area contributed by atoms with Gasteiger partial charge in [0.1, 0.15) is 29.2 Å². The zero-order valence-electron chi connectivity index (χ0n) is 22.0. The number of benzene rings is 1. The maximum absolute atomic E-state index is 14.9. The largest absolute Gasteiger partial charge is 0.478 e. The van der Waals surface area contributed by atoms with E-state index in [1.165, 1.54) is 16.8 Å². The quantitative estimate of drug-likeness (QED) is 0.176. The van der Waals surface area contributed by atoms with Crippen molar-refractivity contribution in [2.24, 2.45) is 0 Å². The lowest BCUT2D eigenvalue weighted by molar-refractivity contribution is -0.389. The molecule has 42 heavy (non-hydrogen) atoms. The van der Waals surface area contributed by atoms with Gasteiger partial charge in [0.25, 0.3) is 0 Å². The summed E-state index contributed by atoms with van der Waals surface area (Å²) >= 11 is 0. The van der Waals surface area contributed by atoms with Gasteiger partial charge in [0.15, 0.2) is 0 Å². The van der Waals surface area contributed by atoms with E-state index in [0.717, 1.165) is 4.90 Å². The maximum Gasteiger partial charge on any atom is 0.415 e. The predicted octanol–water partition coefficient (Wildman–Crippen LogP) is 3.05. The van der Waals surface area contributed by atoms with Gasteiger partial charge in [-0.3, -0.25) is 9.47 Å². The van der Waals surface area contributed by atoms with E-state index in [1.807, 2.05) is 0 Å². The van der Waals surface area contributed by atoms with Gasteiger partial charge in [-0.25, -0.2) is 27.6 Å². The van der Waals surface area contributed by atoms with E-state index in [0.29, 0.717) is 24.3 Å². The molecule has 4 rings (SSSR count). The van der Waals surface area contributed by atoms with Crippen LogP contribution in [-0.4, -0.2) is 88.9 Å². The smallest absolute Gasteiger partial charge is 0.415 e. The standard InChI is InChI=1S/C21H22F3N5O5.C4H4O4/c1-3-4-15-18(17-13(23)7-12(22)8-14(17)24)26(5-6-28(15)20(30)31)10-21(2)11-27-9-16(29(32)33)25-19(27)34-21;5-3(6)1-2-4(7)8/h3,7-9,15,18H,1,4-6,10-11H2,2H3,(H,30,31);1-2H,(H,5,6)(H,7,8). The first-order valence-electron chi connectivity index (χ1n) is 12.2. The van der Waals surface area contributed by atoms with Gasteiger partial charge < -0.3 is 35.1 Å². The second-order valence-corrected chi connectivity index (χ2v) is 9.59. The van der Waals surface area contributed by atoms with Gasteiger partial charge in [0.2, 0.25) is 0 Å². The molecule has 0 radical (unpaired) electrons. The average Bonchev–Trinajstić information content (AvgIpc) is 3.39. The summed E-state index contributed by atoms with van der Waals surface area (Å²) in [7, 11) is 0. The molecule has 1 amide bonds. The number of hydrogen-bond acceptors (Lipinski definition) is 8.